The number of para-hydroxylation sites is 2. The molecule has 0 spiro atoms. The van der Waals surface area contributed by atoms with Crippen molar-refractivity contribution in [2.45, 2.75) is 30.8 Å². The highest BCUT2D eigenvalue weighted by molar-refractivity contribution is 9.10. The van der Waals surface area contributed by atoms with Crippen LogP contribution in [0.5, 0.6) is 0 Å². The largest absolute Gasteiger partial charge is 0.354 e. The second-order valence-corrected chi connectivity index (χ2v) is 8.33. The fourth-order valence-electron chi connectivity index (χ4n) is 2.83. The Balaban J connectivity index is 1.57. The van der Waals surface area contributed by atoms with E-state index in [1.807, 2.05) is 19.1 Å². The molecular formula is C20H19BrF2N4O2S. The van der Waals surface area contributed by atoms with Crippen LogP contribution in [0.15, 0.2) is 52.1 Å². The summed E-state index contributed by atoms with van der Waals surface area (Å²) < 4.78 is 28.0. The van der Waals surface area contributed by atoms with Crippen molar-refractivity contribution in [2.75, 3.05) is 11.9 Å². The predicted octanol–water partition coefficient (Wildman–Crippen LogP) is 4.57. The molecule has 0 aliphatic carbocycles. The number of hydrogen-bond acceptors (Lipinski definition) is 4. The Kier molecular flexibility index (Phi) is 7.43. The average molecular weight is 497 g/mol. The molecule has 6 nitrogen and oxygen atoms in total. The molecule has 10 heteroatoms. The molecular weight excluding hydrogens is 478 g/mol. The van der Waals surface area contributed by atoms with Crippen LogP contribution in [0.2, 0.25) is 0 Å². The van der Waals surface area contributed by atoms with Crippen molar-refractivity contribution in [3.05, 3.63) is 52.5 Å². The van der Waals surface area contributed by atoms with Crippen LogP contribution >= 0.6 is 27.7 Å². The zero-order valence-corrected chi connectivity index (χ0v) is 18.4. The number of imidazole rings is 1. The number of thioether (sulfide) groups is 1. The third-order valence-electron chi connectivity index (χ3n) is 4.26. The maximum Gasteiger partial charge on any atom is 0.291 e. The topological polar surface area (TPSA) is 76.0 Å². The van der Waals surface area contributed by atoms with E-state index in [9.17, 15) is 18.4 Å². The Bertz CT molecular complexity index is 1070. The predicted molar refractivity (Wildman–Crippen MR) is 117 cm³/mol. The van der Waals surface area contributed by atoms with E-state index >= 15 is 0 Å². The van der Waals surface area contributed by atoms with Gasteiger partial charge >= 0.3 is 0 Å². The van der Waals surface area contributed by atoms with Gasteiger partial charge in [0, 0.05) is 23.1 Å². The molecule has 0 saturated carbocycles. The van der Waals surface area contributed by atoms with Gasteiger partial charge in [-0.3, -0.25) is 9.59 Å². The first-order valence-corrected chi connectivity index (χ1v) is 10.7. The summed E-state index contributed by atoms with van der Waals surface area (Å²) in [6, 6.07) is 12.5. The zero-order chi connectivity index (χ0) is 21.7. The van der Waals surface area contributed by atoms with E-state index < -0.39 is 5.76 Å². The molecule has 0 saturated heterocycles. The summed E-state index contributed by atoms with van der Waals surface area (Å²) in [5, 5.41) is 5.53. The minimum atomic E-state index is -2.64. The first kappa shape index (κ1) is 22.2. The van der Waals surface area contributed by atoms with Crippen LogP contribution in [-0.4, -0.2) is 33.7 Å². The van der Waals surface area contributed by atoms with Crippen molar-refractivity contribution in [2.24, 2.45) is 0 Å². The minimum Gasteiger partial charge on any atom is -0.354 e. The normalized spacial score (nSPS) is 11.1. The van der Waals surface area contributed by atoms with Crippen LogP contribution in [0.1, 0.15) is 12.0 Å². The molecule has 0 bridgehead atoms. The van der Waals surface area contributed by atoms with Gasteiger partial charge in [-0.25, -0.2) is 4.98 Å². The third-order valence-corrected chi connectivity index (χ3v) is 5.46. The lowest BCUT2D eigenvalue weighted by Crippen LogP contribution is -2.30. The smallest absolute Gasteiger partial charge is 0.291 e. The summed E-state index contributed by atoms with van der Waals surface area (Å²) in [6.45, 7) is 1.85. The number of rotatable bonds is 8. The number of carbonyl (C=O) groups is 2. The molecule has 3 rings (SSSR count). The van der Waals surface area contributed by atoms with Crippen molar-refractivity contribution in [3.8, 4) is 0 Å². The summed E-state index contributed by atoms with van der Waals surface area (Å²) in [5.74, 6) is -3.27. The van der Waals surface area contributed by atoms with Crippen LogP contribution in [0.3, 0.4) is 0 Å². The van der Waals surface area contributed by atoms with Gasteiger partial charge in [-0.05, 0) is 48.5 Å². The quantitative estimate of drug-likeness (QED) is 0.448. The number of nitrogens with one attached hydrogen (secondary N) is 2. The van der Waals surface area contributed by atoms with Crippen LogP contribution < -0.4 is 10.6 Å². The van der Waals surface area contributed by atoms with Gasteiger partial charge in [0.15, 0.2) is 5.16 Å². The van der Waals surface area contributed by atoms with Gasteiger partial charge in [0.2, 0.25) is 11.8 Å². The molecule has 0 fully saturated rings. The van der Waals surface area contributed by atoms with E-state index in [1.54, 1.807) is 30.3 Å². The van der Waals surface area contributed by atoms with Crippen molar-refractivity contribution >= 4 is 56.2 Å². The number of alkyl halides is 2. The van der Waals surface area contributed by atoms with Gasteiger partial charge in [-0.2, -0.15) is 8.78 Å². The lowest BCUT2D eigenvalue weighted by molar-refractivity contribution is -0.121. The molecule has 3 aromatic rings. The minimum absolute atomic E-state index is 0.0734. The SMILES string of the molecule is Cc1ccc(Br)cc1NC(=O)CCNC(=O)Cn1c(SC(F)F)nc2ccccc21. The van der Waals surface area contributed by atoms with Crippen LogP contribution in [0, 0.1) is 6.92 Å². The van der Waals surface area contributed by atoms with E-state index in [1.165, 1.54) is 4.57 Å². The second kappa shape index (κ2) is 10.0. The highest BCUT2D eigenvalue weighted by Crippen LogP contribution is 2.28. The fraction of sp³-hybridized carbons (Fsp3) is 0.250. The van der Waals surface area contributed by atoms with Crippen molar-refractivity contribution in [1.29, 1.82) is 0 Å². The van der Waals surface area contributed by atoms with Crippen LogP contribution in [0.25, 0.3) is 11.0 Å². The van der Waals surface area contributed by atoms with Gasteiger partial charge in [-0.1, -0.05) is 34.1 Å². The molecule has 2 N–H and O–H groups in total. The van der Waals surface area contributed by atoms with Crippen LogP contribution in [0.4, 0.5) is 14.5 Å². The fourth-order valence-corrected chi connectivity index (χ4v) is 3.79. The molecule has 0 atom stereocenters. The van der Waals surface area contributed by atoms with E-state index in [0.717, 1.165) is 10.0 Å². The third kappa shape index (κ3) is 5.79. The molecule has 1 heterocycles. The maximum absolute atomic E-state index is 12.9. The number of anilines is 1. The number of fused-ring (bicyclic) bond motifs is 1. The van der Waals surface area contributed by atoms with E-state index in [4.69, 9.17) is 0 Å². The van der Waals surface area contributed by atoms with Gasteiger partial charge in [-0.15, -0.1) is 0 Å². The number of aryl methyl sites for hydroxylation is 1. The zero-order valence-electron chi connectivity index (χ0n) is 16.0. The van der Waals surface area contributed by atoms with E-state index in [0.29, 0.717) is 28.5 Å². The summed E-state index contributed by atoms with van der Waals surface area (Å²) >= 11 is 3.66. The Hall–Kier alpha value is -2.46. The second-order valence-electron chi connectivity index (χ2n) is 6.46. The standard InChI is InChI=1S/C20H19BrF2N4O2S/c1-12-6-7-13(21)10-15(12)25-17(28)8-9-24-18(29)11-27-16-5-3-2-4-14(16)26-20(27)30-19(22)23/h2-7,10,19H,8-9,11H2,1H3,(H,24,29)(H,25,28). The summed E-state index contributed by atoms with van der Waals surface area (Å²) in [5.41, 5.74) is 2.75. The molecule has 0 unspecified atom stereocenters. The summed E-state index contributed by atoms with van der Waals surface area (Å²) in [7, 11) is 0. The average Bonchev–Trinajstić information content (AvgIpc) is 3.01. The monoisotopic (exact) mass is 496 g/mol. The lowest BCUT2D eigenvalue weighted by Gasteiger charge is -2.11. The van der Waals surface area contributed by atoms with Gasteiger partial charge in [0.25, 0.3) is 5.76 Å². The Labute approximate surface area is 184 Å². The summed E-state index contributed by atoms with van der Waals surface area (Å²) in [6.07, 6.45) is 0.0843. The van der Waals surface area contributed by atoms with E-state index in [-0.39, 0.29) is 36.5 Å². The molecule has 1 aromatic heterocycles. The maximum atomic E-state index is 12.9. The Morgan fingerprint density at radius 3 is 2.73 bits per heavy atom. The number of amides is 2. The number of benzene rings is 2. The van der Waals surface area contributed by atoms with Crippen LogP contribution in [-0.2, 0) is 16.1 Å². The lowest BCUT2D eigenvalue weighted by atomic mass is 10.2. The van der Waals surface area contributed by atoms with Gasteiger partial charge in [0.1, 0.15) is 6.54 Å². The summed E-state index contributed by atoms with van der Waals surface area (Å²) in [4.78, 5) is 28.7. The number of aromatic nitrogens is 2. The number of carbonyl (C=O) groups excluding carboxylic acids is 2. The first-order chi connectivity index (χ1) is 14.3. The molecule has 0 radical (unpaired) electrons. The highest BCUT2D eigenvalue weighted by atomic mass is 79.9. The number of nitrogens with zero attached hydrogens (tertiary/aromatic N) is 2. The van der Waals surface area contributed by atoms with Gasteiger partial charge in [0.05, 0.1) is 11.0 Å². The Morgan fingerprint density at radius 2 is 1.97 bits per heavy atom. The van der Waals surface area contributed by atoms with Gasteiger partial charge < -0.3 is 15.2 Å². The Morgan fingerprint density at radius 1 is 1.20 bits per heavy atom. The molecule has 0 aliphatic heterocycles. The van der Waals surface area contributed by atoms with Crippen molar-refractivity contribution in [3.63, 3.8) is 0 Å². The number of hydrogen-bond donors (Lipinski definition) is 2. The number of halogens is 3. The van der Waals surface area contributed by atoms with Crippen molar-refractivity contribution in [1.82, 2.24) is 14.9 Å². The molecule has 2 amide bonds. The molecule has 158 valence electrons. The molecule has 30 heavy (non-hydrogen) atoms. The van der Waals surface area contributed by atoms with Crippen molar-refractivity contribution < 1.29 is 18.4 Å². The van der Waals surface area contributed by atoms with E-state index in [2.05, 4.69) is 31.5 Å². The highest BCUT2D eigenvalue weighted by Gasteiger charge is 2.17. The molecule has 0 aliphatic rings. The molecule has 2 aromatic carbocycles. The first-order valence-electron chi connectivity index (χ1n) is 9.06.